The lowest BCUT2D eigenvalue weighted by Gasteiger charge is -2.22. The van der Waals surface area contributed by atoms with Crippen molar-refractivity contribution in [3.8, 4) is 5.88 Å². The summed E-state index contributed by atoms with van der Waals surface area (Å²) in [6.45, 7) is 1.50. The third-order valence-electron chi connectivity index (χ3n) is 2.81. The van der Waals surface area contributed by atoms with Gasteiger partial charge in [-0.1, -0.05) is 0 Å². The molecule has 1 aliphatic rings. The summed E-state index contributed by atoms with van der Waals surface area (Å²) in [7, 11) is 0. The molecule has 0 radical (unpaired) electrons. The van der Waals surface area contributed by atoms with E-state index in [4.69, 9.17) is 9.47 Å². The van der Waals surface area contributed by atoms with Crippen LogP contribution in [0.25, 0.3) is 11.0 Å². The molecule has 0 amide bonds. The van der Waals surface area contributed by atoms with Crippen LogP contribution in [-0.2, 0) is 4.74 Å². The van der Waals surface area contributed by atoms with Crippen molar-refractivity contribution in [2.24, 2.45) is 0 Å². The van der Waals surface area contributed by atoms with Crippen molar-refractivity contribution in [2.75, 3.05) is 13.2 Å². The molecule has 2 aromatic heterocycles. The van der Waals surface area contributed by atoms with Gasteiger partial charge in [-0.3, -0.25) is 0 Å². The van der Waals surface area contributed by atoms with Crippen LogP contribution >= 0.6 is 0 Å². The van der Waals surface area contributed by atoms with Crippen molar-refractivity contribution >= 4 is 11.0 Å². The second kappa shape index (κ2) is 4.63. The lowest BCUT2D eigenvalue weighted by Crippen LogP contribution is -2.26. The molecule has 3 rings (SSSR count). The van der Waals surface area contributed by atoms with Crippen LogP contribution in [-0.4, -0.2) is 34.3 Å². The van der Waals surface area contributed by atoms with Gasteiger partial charge in [-0.2, -0.15) is 4.98 Å². The number of rotatable bonds is 2. The van der Waals surface area contributed by atoms with Gasteiger partial charge in [0.1, 0.15) is 12.4 Å². The predicted octanol–water partition coefficient (Wildman–Crippen LogP) is 1.58. The van der Waals surface area contributed by atoms with Crippen molar-refractivity contribution in [1.29, 1.82) is 0 Å². The summed E-state index contributed by atoms with van der Waals surface area (Å²) < 4.78 is 11.2. The Labute approximate surface area is 98.8 Å². The summed E-state index contributed by atoms with van der Waals surface area (Å²) in [6.07, 6.45) is 5.21. The van der Waals surface area contributed by atoms with Gasteiger partial charge in [0.2, 0.25) is 5.88 Å². The Morgan fingerprint density at radius 1 is 1.18 bits per heavy atom. The summed E-state index contributed by atoms with van der Waals surface area (Å²) >= 11 is 0. The van der Waals surface area contributed by atoms with Gasteiger partial charge in [0, 0.05) is 19.0 Å². The molecular formula is C12H13N3O2. The maximum atomic E-state index is 5.87. The second-order valence-corrected chi connectivity index (χ2v) is 3.98. The molecule has 0 unspecified atom stereocenters. The summed E-state index contributed by atoms with van der Waals surface area (Å²) in [4.78, 5) is 12.6. The van der Waals surface area contributed by atoms with Crippen molar-refractivity contribution in [3.63, 3.8) is 0 Å². The number of nitrogens with zero attached hydrogens (tertiary/aromatic N) is 3. The van der Waals surface area contributed by atoms with E-state index in [9.17, 15) is 0 Å². The molecule has 0 saturated carbocycles. The third kappa shape index (κ3) is 2.19. The van der Waals surface area contributed by atoms with Gasteiger partial charge in [-0.25, -0.2) is 9.97 Å². The number of pyridine rings is 1. The van der Waals surface area contributed by atoms with Gasteiger partial charge >= 0.3 is 0 Å². The highest BCUT2D eigenvalue weighted by Gasteiger charge is 2.17. The van der Waals surface area contributed by atoms with Crippen LogP contribution in [0, 0.1) is 0 Å². The Kier molecular flexibility index (Phi) is 2.83. The molecule has 5 heteroatoms. The molecule has 5 nitrogen and oxygen atoms in total. The van der Waals surface area contributed by atoms with Crippen LogP contribution in [0.2, 0.25) is 0 Å². The maximum Gasteiger partial charge on any atom is 0.243 e. The van der Waals surface area contributed by atoms with Gasteiger partial charge in [0.05, 0.1) is 18.7 Å². The van der Waals surface area contributed by atoms with Gasteiger partial charge in [0.15, 0.2) is 5.52 Å². The second-order valence-electron chi connectivity index (χ2n) is 3.98. The topological polar surface area (TPSA) is 57.1 Å². The van der Waals surface area contributed by atoms with Gasteiger partial charge in [0.25, 0.3) is 0 Å². The molecule has 0 aromatic carbocycles. The normalized spacial score (nSPS) is 17.2. The number of hydrogen-bond donors (Lipinski definition) is 0. The highest BCUT2D eigenvalue weighted by Crippen LogP contribution is 2.21. The van der Waals surface area contributed by atoms with Crippen LogP contribution in [0.3, 0.4) is 0 Å². The highest BCUT2D eigenvalue weighted by atomic mass is 16.5. The van der Waals surface area contributed by atoms with Crippen LogP contribution in [0.15, 0.2) is 24.7 Å². The van der Waals surface area contributed by atoms with Gasteiger partial charge < -0.3 is 9.47 Å². The molecule has 0 spiro atoms. The first kappa shape index (κ1) is 10.4. The zero-order chi connectivity index (χ0) is 11.5. The number of hydrogen-bond acceptors (Lipinski definition) is 5. The number of ether oxygens (including phenoxy) is 2. The monoisotopic (exact) mass is 231 g/mol. The lowest BCUT2D eigenvalue weighted by atomic mass is 10.1. The SMILES string of the molecule is c1cnc2c(OC3CCOCC3)ncnc2c1. The van der Waals surface area contributed by atoms with E-state index in [1.165, 1.54) is 6.33 Å². The molecule has 1 saturated heterocycles. The summed E-state index contributed by atoms with van der Waals surface area (Å²) in [5.74, 6) is 0.572. The van der Waals surface area contributed by atoms with Gasteiger partial charge in [-0.15, -0.1) is 0 Å². The summed E-state index contributed by atoms with van der Waals surface area (Å²) in [5, 5.41) is 0. The van der Waals surface area contributed by atoms with E-state index < -0.39 is 0 Å². The Bertz CT molecular complexity index is 507. The molecule has 2 aromatic rings. The smallest absolute Gasteiger partial charge is 0.243 e. The molecular weight excluding hydrogens is 218 g/mol. The molecule has 1 aliphatic heterocycles. The van der Waals surface area contributed by atoms with Crippen LogP contribution in [0.5, 0.6) is 5.88 Å². The fraction of sp³-hybridized carbons (Fsp3) is 0.417. The number of aromatic nitrogens is 3. The Hall–Kier alpha value is -1.75. The van der Waals surface area contributed by atoms with Crippen molar-refractivity contribution in [3.05, 3.63) is 24.7 Å². The van der Waals surface area contributed by atoms with Crippen molar-refractivity contribution in [1.82, 2.24) is 15.0 Å². The lowest BCUT2D eigenvalue weighted by molar-refractivity contribution is 0.0243. The molecule has 1 fully saturated rings. The molecule has 88 valence electrons. The van der Waals surface area contributed by atoms with E-state index in [2.05, 4.69) is 15.0 Å². The first-order chi connectivity index (χ1) is 8.43. The van der Waals surface area contributed by atoms with Gasteiger partial charge in [-0.05, 0) is 12.1 Å². The van der Waals surface area contributed by atoms with Crippen LogP contribution in [0.1, 0.15) is 12.8 Å². The first-order valence-corrected chi connectivity index (χ1v) is 5.73. The Balaban J connectivity index is 1.89. The van der Waals surface area contributed by atoms with E-state index in [-0.39, 0.29) is 6.10 Å². The fourth-order valence-corrected chi connectivity index (χ4v) is 1.91. The minimum atomic E-state index is 0.170. The molecule has 0 bridgehead atoms. The predicted molar refractivity (Wildman–Crippen MR) is 61.8 cm³/mol. The molecule has 3 heterocycles. The van der Waals surface area contributed by atoms with E-state index in [1.54, 1.807) is 6.20 Å². The van der Waals surface area contributed by atoms with E-state index in [0.29, 0.717) is 5.88 Å². The van der Waals surface area contributed by atoms with Crippen LogP contribution in [0.4, 0.5) is 0 Å². The average molecular weight is 231 g/mol. The number of fused-ring (bicyclic) bond motifs is 1. The molecule has 0 atom stereocenters. The third-order valence-corrected chi connectivity index (χ3v) is 2.81. The summed E-state index contributed by atoms with van der Waals surface area (Å²) in [6, 6.07) is 3.76. The zero-order valence-electron chi connectivity index (χ0n) is 9.37. The minimum Gasteiger partial charge on any atom is -0.473 e. The standard InChI is InChI=1S/C12H13N3O2/c1-2-10-11(13-5-1)12(15-8-14-10)17-9-3-6-16-7-4-9/h1-2,5,8-9H,3-4,6-7H2. The minimum absolute atomic E-state index is 0.170. The van der Waals surface area contributed by atoms with E-state index in [1.807, 2.05) is 12.1 Å². The molecule has 0 N–H and O–H groups in total. The van der Waals surface area contributed by atoms with E-state index in [0.717, 1.165) is 37.1 Å². The quantitative estimate of drug-likeness (QED) is 0.785. The first-order valence-electron chi connectivity index (χ1n) is 5.73. The largest absolute Gasteiger partial charge is 0.473 e. The Morgan fingerprint density at radius 2 is 2.06 bits per heavy atom. The van der Waals surface area contributed by atoms with Crippen molar-refractivity contribution in [2.45, 2.75) is 18.9 Å². The highest BCUT2D eigenvalue weighted by molar-refractivity contribution is 5.78. The maximum absolute atomic E-state index is 5.87. The zero-order valence-corrected chi connectivity index (χ0v) is 9.37. The Morgan fingerprint density at radius 3 is 2.94 bits per heavy atom. The molecule has 17 heavy (non-hydrogen) atoms. The van der Waals surface area contributed by atoms with Crippen molar-refractivity contribution < 1.29 is 9.47 Å². The van der Waals surface area contributed by atoms with Crippen LogP contribution < -0.4 is 4.74 Å². The van der Waals surface area contributed by atoms with E-state index >= 15 is 0 Å². The average Bonchev–Trinajstić information content (AvgIpc) is 2.40. The summed E-state index contributed by atoms with van der Waals surface area (Å²) in [5.41, 5.74) is 1.53. The molecule has 0 aliphatic carbocycles. The fourth-order valence-electron chi connectivity index (χ4n) is 1.91.